The predicted octanol–water partition coefficient (Wildman–Crippen LogP) is 2.93. The lowest BCUT2D eigenvalue weighted by atomic mass is 10.3. The maximum absolute atomic E-state index is 10.8. The highest BCUT2D eigenvalue weighted by Crippen LogP contribution is 2.26. The van der Waals surface area contributed by atoms with Crippen molar-refractivity contribution in [2.75, 3.05) is 5.75 Å². The molecule has 1 aromatic heterocycles. The normalized spacial score (nSPS) is 12.5. The van der Waals surface area contributed by atoms with Gasteiger partial charge in [-0.05, 0) is 32.9 Å². The van der Waals surface area contributed by atoms with E-state index in [4.69, 9.17) is 9.84 Å². The number of benzene rings is 1. The number of nitrogens with zero attached hydrogens (tertiary/aromatic N) is 3. The quantitative estimate of drug-likeness (QED) is 0.790. The Bertz CT molecular complexity index is 628. The molecule has 0 unspecified atom stereocenters. The Morgan fingerprint density at radius 1 is 1.27 bits per heavy atom. The summed E-state index contributed by atoms with van der Waals surface area (Å²) < 4.78 is 7.64. The molecule has 0 saturated heterocycles. The molecule has 2 aromatic rings. The van der Waals surface area contributed by atoms with Gasteiger partial charge in [0.15, 0.2) is 11.0 Å². The van der Waals surface area contributed by atoms with Gasteiger partial charge in [-0.25, -0.2) is 0 Å². The van der Waals surface area contributed by atoms with Gasteiger partial charge in [-0.2, -0.15) is 0 Å². The second-order valence-electron chi connectivity index (χ2n) is 5.02. The molecular weight excluding hydrogens is 302 g/mol. The van der Waals surface area contributed by atoms with Crippen molar-refractivity contribution >= 4 is 17.7 Å². The average Bonchev–Trinajstić information content (AvgIpc) is 2.89. The van der Waals surface area contributed by atoms with Gasteiger partial charge < -0.3 is 9.84 Å². The number of hydrogen-bond donors (Lipinski definition) is 1. The van der Waals surface area contributed by atoms with Crippen LogP contribution in [0.15, 0.2) is 35.5 Å². The Labute approximate surface area is 133 Å². The third-order valence-corrected chi connectivity index (χ3v) is 3.75. The largest absolute Gasteiger partial charge is 0.481 e. The molecule has 6 nitrogen and oxygen atoms in total. The van der Waals surface area contributed by atoms with Crippen molar-refractivity contribution in [1.82, 2.24) is 14.8 Å². The van der Waals surface area contributed by atoms with E-state index in [1.807, 2.05) is 55.7 Å². The van der Waals surface area contributed by atoms with Crippen LogP contribution in [0.3, 0.4) is 0 Å². The van der Waals surface area contributed by atoms with E-state index in [1.54, 1.807) is 0 Å². The third-order valence-electron chi connectivity index (χ3n) is 2.84. The van der Waals surface area contributed by atoms with Gasteiger partial charge in [-0.15, -0.1) is 10.2 Å². The molecule has 1 atom stereocenters. The first-order valence-corrected chi connectivity index (χ1v) is 7.98. The molecule has 0 aliphatic heterocycles. The topological polar surface area (TPSA) is 77.2 Å². The highest BCUT2D eigenvalue weighted by molar-refractivity contribution is 7.99. The predicted molar refractivity (Wildman–Crippen MR) is 84.4 cm³/mol. The number of carboxylic acids is 1. The molecule has 0 aliphatic carbocycles. The molecule has 0 radical (unpaired) electrons. The molecule has 1 N–H and O–H groups in total. The summed E-state index contributed by atoms with van der Waals surface area (Å²) in [4.78, 5) is 10.8. The molecule has 118 valence electrons. The maximum atomic E-state index is 10.8. The van der Waals surface area contributed by atoms with Crippen LogP contribution in [0.25, 0.3) is 5.69 Å². The molecule has 0 aliphatic rings. The first-order chi connectivity index (χ1) is 10.5. The van der Waals surface area contributed by atoms with Crippen molar-refractivity contribution in [3.8, 4) is 5.69 Å². The van der Waals surface area contributed by atoms with E-state index in [0.29, 0.717) is 11.0 Å². The van der Waals surface area contributed by atoms with Crippen LogP contribution in [-0.4, -0.2) is 37.7 Å². The Morgan fingerprint density at radius 2 is 1.95 bits per heavy atom. The Morgan fingerprint density at radius 3 is 2.55 bits per heavy atom. The van der Waals surface area contributed by atoms with Crippen LogP contribution >= 0.6 is 11.8 Å². The second kappa shape index (κ2) is 7.42. The molecule has 1 heterocycles. The summed E-state index contributed by atoms with van der Waals surface area (Å²) >= 11 is 1.14. The number of aliphatic carboxylic acids is 1. The van der Waals surface area contributed by atoms with Crippen LogP contribution < -0.4 is 0 Å². The van der Waals surface area contributed by atoms with Crippen LogP contribution in [0, 0.1) is 0 Å². The molecule has 1 aromatic carbocycles. The van der Waals surface area contributed by atoms with Gasteiger partial charge in [0, 0.05) is 5.69 Å². The van der Waals surface area contributed by atoms with E-state index in [2.05, 4.69) is 10.2 Å². The molecule has 0 saturated carbocycles. The molecular formula is C15H19N3O3S. The van der Waals surface area contributed by atoms with Gasteiger partial charge in [-0.1, -0.05) is 30.0 Å². The summed E-state index contributed by atoms with van der Waals surface area (Å²) in [5.74, 6) is -0.293. The fraction of sp³-hybridized carbons (Fsp3) is 0.400. The van der Waals surface area contributed by atoms with E-state index >= 15 is 0 Å². The van der Waals surface area contributed by atoms with Crippen LogP contribution in [0.5, 0.6) is 0 Å². The minimum atomic E-state index is -0.888. The third kappa shape index (κ3) is 4.08. The lowest BCUT2D eigenvalue weighted by Gasteiger charge is -2.17. The highest BCUT2D eigenvalue weighted by atomic mass is 32.2. The number of rotatable bonds is 7. The summed E-state index contributed by atoms with van der Waals surface area (Å²) in [6, 6.07) is 9.61. The summed E-state index contributed by atoms with van der Waals surface area (Å²) in [6.07, 6.45) is -0.182. The molecule has 7 heteroatoms. The lowest BCUT2D eigenvalue weighted by molar-refractivity contribution is -0.133. The molecule has 0 bridgehead atoms. The summed E-state index contributed by atoms with van der Waals surface area (Å²) in [6.45, 7) is 5.83. The summed E-state index contributed by atoms with van der Waals surface area (Å²) in [5.41, 5.74) is 0.884. The number of ether oxygens (including phenoxy) is 1. The van der Waals surface area contributed by atoms with Crippen LogP contribution in [0.1, 0.15) is 32.7 Å². The van der Waals surface area contributed by atoms with Gasteiger partial charge in [0.25, 0.3) is 0 Å². The lowest BCUT2D eigenvalue weighted by Crippen LogP contribution is -2.13. The average molecular weight is 321 g/mol. The zero-order valence-corrected chi connectivity index (χ0v) is 13.6. The van der Waals surface area contributed by atoms with E-state index in [-0.39, 0.29) is 18.0 Å². The van der Waals surface area contributed by atoms with Gasteiger partial charge in [0.2, 0.25) is 0 Å². The number of hydrogen-bond acceptors (Lipinski definition) is 5. The van der Waals surface area contributed by atoms with Crippen molar-refractivity contribution in [3.63, 3.8) is 0 Å². The molecule has 0 amide bonds. The van der Waals surface area contributed by atoms with Gasteiger partial charge in [0.1, 0.15) is 6.10 Å². The SMILES string of the molecule is CC(C)O[C@@H](C)c1nnc(SCC(=O)O)n1-c1ccccc1. The van der Waals surface area contributed by atoms with Crippen molar-refractivity contribution < 1.29 is 14.6 Å². The Kier molecular flexibility index (Phi) is 5.57. The number of para-hydroxylation sites is 1. The van der Waals surface area contributed by atoms with Gasteiger partial charge in [0.05, 0.1) is 11.9 Å². The van der Waals surface area contributed by atoms with Crippen molar-refractivity contribution in [2.45, 2.75) is 38.1 Å². The van der Waals surface area contributed by atoms with Crippen molar-refractivity contribution in [2.24, 2.45) is 0 Å². The van der Waals surface area contributed by atoms with E-state index < -0.39 is 5.97 Å². The monoisotopic (exact) mass is 321 g/mol. The van der Waals surface area contributed by atoms with E-state index in [1.165, 1.54) is 0 Å². The Hall–Kier alpha value is -1.86. The van der Waals surface area contributed by atoms with Crippen LogP contribution in [0.2, 0.25) is 0 Å². The number of thioether (sulfide) groups is 1. The smallest absolute Gasteiger partial charge is 0.313 e. The fourth-order valence-electron chi connectivity index (χ4n) is 2.05. The van der Waals surface area contributed by atoms with Gasteiger partial charge >= 0.3 is 5.97 Å². The first-order valence-electron chi connectivity index (χ1n) is 6.99. The van der Waals surface area contributed by atoms with Crippen molar-refractivity contribution in [3.05, 3.63) is 36.2 Å². The standard InChI is InChI=1S/C15H19N3O3S/c1-10(2)21-11(3)14-16-17-15(22-9-13(19)20)18(14)12-7-5-4-6-8-12/h4-8,10-11H,9H2,1-3H3,(H,19,20)/t11-/m0/s1. The van der Waals surface area contributed by atoms with Gasteiger partial charge in [-0.3, -0.25) is 9.36 Å². The summed E-state index contributed by atoms with van der Waals surface area (Å²) in [7, 11) is 0. The van der Waals surface area contributed by atoms with E-state index in [0.717, 1.165) is 17.4 Å². The van der Waals surface area contributed by atoms with Crippen molar-refractivity contribution in [1.29, 1.82) is 0 Å². The molecule has 0 fully saturated rings. The zero-order valence-electron chi connectivity index (χ0n) is 12.8. The minimum Gasteiger partial charge on any atom is -0.481 e. The summed E-state index contributed by atoms with van der Waals surface area (Å²) in [5, 5.41) is 17.7. The highest BCUT2D eigenvalue weighted by Gasteiger charge is 2.21. The number of carbonyl (C=O) groups is 1. The second-order valence-corrected chi connectivity index (χ2v) is 5.96. The first kappa shape index (κ1) is 16.5. The fourth-order valence-corrected chi connectivity index (χ4v) is 2.73. The molecule has 22 heavy (non-hydrogen) atoms. The van der Waals surface area contributed by atoms with E-state index in [9.17, 15) is 4.79 Å². The zero-order chi connectivity index (χ0) is 16.1. The minimum absolute atomic E-state index is 0.0612. The Balaban J connectivity index is 2.39. The van der Waals surface area contributed by atoms with Crippen LogP contribution in [-0.2, 0) is 9.53 Å². The maximum Gasteiger partial charge on any atom is 0.313 e. The molecule has 2 rings (SSSR count). The number of aromatic nitrogens is 3. The molecule has 0 spiro atoms. The number of carboxylic acid groups (broad SMARTS) is 1. The van der Waals surface area contributed by atoms with Crippen LogP contribution in [0.4, 0.5) is 0 Å².